The predicted octanol–water partition coefficient (Wildman–Crippen LogP) is 2.49. The fraction of sp³-hybridized carbons (Fsp3) is 0.625. The highest BCUT2D eigenvalue weighted by atomic mass is 16.6. The summed E-state index contributed by atoms with van der Waals surface area (Å²) >= 11 is 0. The van der Waals surface area contributed by atoms with Crippen LogP contribution in [0.15, 0.2) is 18.2 Å². The summed E-state index contributed by atoms with van der Waals surface area (Å²) in [4.78, 5) is 0. The summed E-state index contributed by atoms with van der Waals surface area (Å²) in [6, 6.07) is 6.06. The molecule has 1 saturated heterocycles. The van der Waals surface area contributed by atoms with Crippen molar-refractivity contribution in [3.05, 3.63) is 34.9 Å². The second kappa shape index (κ2) is 4.89. The third-order valence-electron chi connectivity index (χ3n) is 3.81. The molecule has 19 heavy (non-hydrogen) atoms. The van der Waals surface area contributed by atoms with Crippen molar-refractivity contribution < 1.29 is 9.84 Å². The largest absolute Gasteiger partial charge is 0.361 e. The number of hydrogen-bond acceptors (Lipinski definition) is 3. The quantitative estimate of drug-likeness (QED) is 0.861. The van der Waals surface area contributed by atoms with Crippen molar-refractivity contribution in [2.45, 2.75) is 58.4 Å². The van der Waals surface area contributed by atoms with Crippen LogP contribution >= 0.6 is 0 Å². The van der Waals surface area contributed by atoms with Crippen LogP contribution in [0.3, 0.4) is 0 Å². The highest BCUT2D eigenvalue weighted by molar-refractivity contribution is 5.33. The van der Waals surface area contributed by atoms with E-state index in [1.54, 1.807) is 0 Å². The zero-order valence-corrected chi connectivity index (χ0v) is 12.6. The number of nitrogens with one attached hydrogen (secondary N) is 1. The molecule has 0 aromatic heterocycles. The zero-order chi connectivity index (χ0) is 14.3. The van der Waals surface area contributed by atoms with Crippen LogP contribution in [0, 0.1) is 6.92 Å². The van der Waals surface area contributed by atoms with Crippen LogP contribution in [0.1, 0.15) is 44.4 Å². The molecule has 2 atom stereocenters. The first-order chi connectivity index (χ1) is 8.77. The molecule has 106 valence electrons. The van der Waals surface area contributed by atoms with E-state index in [0.717, 1.165) is 17.5 Å². The Balaban J connectivity index is 2.37. The van der Waals surface area contributed by atoms with E-state index < -0.39 is 5.79 Å². The van der Waals surface area contributed by atoms with Gasteiger partial charge in [-0.1, -0.05) is 30.7 Å². The van der Waals surface area contributed by atoms with Crippen LogP contribution in [0.4, 0.5) is 0 Å². The Morgan fingerprint density at radius 3 is 2.63 bits per heavy atom. The number of ether oxygens (including phenoxy) is 1. The summed E-state index contributed by atoms with van der Waals surface area (Å²) in [7, 11) is 0. The molecule has 1 aromatic rings. The van der Waals surface area contributed by atoms with Crippen LogP contribution in [0.2, 0.25) is 0 Å². The Hall–Kier alpha value is -0.900. The van der Waals surface area contributed by atoms with Gasteiger partial charge in [0, 0.05) is 11.1 Å². The van der Waals surface area contributed by atoms with Crippen molar-refractivity contribution in [1.82, 2.24) is 5.32 Å². The van der Waals surface area contributed by atoms with E-state index in [9.17, 15) is 5.11 Å². The monoisotopic (exact) mass is 263 g/mol. The Morgan fingerprint density at radius 1 is 1.37 bits per heavy atom. The summed E-state index contributed by atoms with van der Waals surface area (Å²) in [6.07, 6.45) is 0.956. The molecule has 0 radical (unpaired) electrons. The second-order valence-electron chi connectivity index (χ2n) is 6.30. The maximum absolute atomic E-state index is 10.9. The summed E-state index contributed by atoms with van der Waals surface area (Å²) in [5.74, 6) is -1.24. The molecule has 3 heteroatoms. The zero-order valence-electron chi connectivity index (χ0n) is 12.6. The summed E-state index contributed by atoms with van der Waals surface area (Å²) in [5.41, 5.74) is 3.12. The van der Waals surface area contributed by atoms with Crippen LogP contribution in [0.25, 0.3) is 0 Å². The minimum absolute atomic E-state index is 0.108. The van der Waals surface area contributed by atoms with Gasteiger partial charge in [0.05, 0.1) is 12.6 Å². The normalized spacial score (nSPS) is 30.3. The third kappa shape index (κ3) is 2.83. The lowest BCUT2D eigenvalue weighted by Gasteiger charge is -2.46. The molecule has 0 bridgehead atoms. The molecule has 2 N–H and O–H groups in total. The lowest BCUT2D eigenvalue weighted by atomic mass is 9.90. The molecular formula is C16H25NO2. The molecule has 3 nitrogen and oxygen atoms in total. The summed E-state index contributed by atoms with van der Waals surface area (Å²) < 4.78 is 5.83. The number of aryl methyl sites for hydroxylation is 2. The number of morpholine rings is 1. The van der Waals surface area contributed by atoms with Crippen LogP contribution in [0.5, 0.6) is 0 Å². The molecular weight excluding hydrogens is 238 g/mol. The maximum atomic E-state index is 10.9. The summed E-state index contributed by atoms with van der Waals surface area (Å²) in [6.45, 7) is 10.8. The van der Waals surface area contributed by atoms with Gasteiger partial charge in [-0.25, -0.2) is 0 Å². The van der Waals surface area contributed by atoms with Crippen LogP contribution in [-0.4, -0.2) is 23.3 Å². The van der Waals surface area contributed by atoms with E-state index in [1.165, 1.54) is 5.56 Å². The maximum Gasteiger partial charge on any atom is 0.208 e. The predicted molar refractivity (Wildman–Crippen MR) is 77.1 cm³/mol. The van der Waals surface area contributed by atoms with Gasteiger partial charge in [0.1, 0.15) is 0 Å². The minimum Gasteiger partial charge on any atom is -0.361 e. The number of hydrogen-bond donors (Lipinski definition) is 2. The SMILES string of the molecule is CCc1cc(C)cc(C2(O)OCC(C)(C)NC2C)c1. The molecule has 1 heterocycles. The molecule has 0 amide bonds. The Kier molecular flexibility index (Phi) is 3.74. The molecule has 1 aromatic carbocycles. The van der Waals surface area contributed by atoms with Crippen molar-refractivity contribution in [2.75, 3.05) is 6.61 Å². The highest BCUT2D eigenvalue weighted by Crippen LogP contribution is 2.33. The first-order valence-electron chi connectivity index (χ1n) is 7.02. The van der Waals surface area contributed by atoms with Crippen molar-refractivity contribution in [3.63, 3.8) is 0 Å². The van der Waals surface area contributed by atoms with E-state index in [-0.39, 0.29) is 11.6 Å². The number of rotatable bonds is 2. The van der Waals surface area contributed by atoms with Gasteiger partial charge in [-0.3, -0.25) is 0 Å². The van der Waals surface area contributed by atoms with Gasteiger partial charge in [0.15, 0.2) is 0 Å². The summed E-state index contributed by atoms with van der Waals surface area (Å²) in [5, 5.41) is 14.3. The third-order valence-corrected chi connectivity index (χ3v) is 3.81. The Labute approximate surface area is 116 Å². The van der Waals surface area contributed by atoms with Crippen LogP contribution < -0.4 is 5.32 Å². The average molecular weight is 263 g/mol. The lowest BCUT2D eigenvalue weighted by molar-refractivity contribution is -0.263. The molecule has 0 aliphatic carbocycles. The fourth-order valence-electron chi connectivity index (χ4n) is 2.75. The molecule has 1 aliphatic rings. The second-order valence-corrected chi connectivity index (χ2v) is 6.30. The first kappa shape index (κ1) is 14.5. The van der Waals surface area contributed by atoms with Gasteiger partial charge in [-0.05, 0) is 39.7 Å². The Bertz CT molecular complexity index is 470. The van der Waals surface area contributed by atoms with Crippen molar-refractivity contribution in [1.29, 1.82) is 0 Å². The van der Waals surface area contributed by atoms with Crippen LogP contribution in [-0.2, 0) is 16.9 Å². The highest BCUT2D eigenvalue weighted by Gasteiger charge is 2.44. The standard InChI is InChI=1S/C16H25NO2/c1-6-13-7-11(2)8-14(9-13)16(18)12(3)17-15(4,5)10-19-16/h7-9,12,17-18H,6,10H2,1-5H3. The molecule has 2 rings (SSSR count). The van der Waals surface area contributed by atoms with Gasteiger partial charge in [-0.2, -0.15) is 0 Å². The van der Waals surface area contributed by atoms with Crippen molar-refractivity contribution >= 4 is 0 Å². The molecule has 1 fully saturated rings. The van der Waals surface area contributed by atoms with E-state index >= 15 is 0 Å². The Morgan fingerprint density at radius 2 is 2.05 bits per heavy atom. The smallest absolute Gasteiger partial charge is 0.208 e. The van der Waals surface area contributed by atoms with E-state index in [2.05, 4.69) is 39.1 Å². The van der Waals surface area contributed by atoms with Gasteiger partial charge in [-0.15, -0.1) is 0 Å². The molecule has 2 unspecified atom stereocenters. The molecule has 0 saturated carbocycles. The van der Waals surface area contributed by atoms with Crippen molar-refractivity contribution in [2.24, 2.45) is 0 Å². The molecule has 0 spiro atoms. The first-order valence-corrected chi connectivity index (χ1v) is 7.02. The topological polar surface area (TPSA) is 41.5 Å². The fourth-order valence-corrected chi connectivity index (χ4v) is 2.75. The minimum atomic E-state index is -1.24. The van der Waals surface area contributed by atoms with Gasteiger partial charge in [0.25, 0.3) is 0 Å². The van der Waals surface area contributed by atoms with Crippen molar-refractivity contribution in [3.8, 4) is 0 Å². The average Bonchev–Trinajstić information content (AvgIpc) is 2.33. The van der Waals surface area contributed by atoms with E-state index in [1.807, 2.05) is 19.1 Å². The lowest BCUT2D eigenvalue weighted by Crippen LogP contribution is -2.63. The van der Waals surface area contributed by atoms with E-state index in [4.69, 9.17) is 4.74 Å². The van der Waals surface area contributed by atoms with E-state index in [0.29, 0.717) is 6.61 Å². The number of aliphatic hydroxyl groups is 1. The van der Waals surface area contributed by atoms with Gasteiger partial charge in [0.2, 0.25) is 5.79 Å². The molecule has 1 aliphatic heterocycles. The van der Waals surface area contributed by atoms with Gasteiger partial charge < -0.3 is 15.2 Å². The number of benzene rings is 1. The van der Waals surface area contributed by atoms with Gasteiger partial charge >= 0.3 is 0 Å².